The Morgan fingerprint density at radius 3 is 2.14 bits per heavy atom. The van der Waals surface area contributed by atoms with Gasteiger partial charge in [0.05, 0.1) is 4.90 Å². The topological polar surface area (TPSA) is 52.7 Å². The van der Waals surface area contributed by atoms with Gasteiger partial charge in [0.1, 0.15) is 0 Å². The molecular weight excluding hydrogens is 382 g/mol. The number of rotatable bonds is 8. The van der Waals surface area contributed by atoms with Gasteiger partial charge in [-0.3, -0.25) is 0 Å². The van der Waals surface area contributed by atoms with Crippen molar-refractivity contribution < 1.29 is 8.42 Å². The minimum atomic E-state index is -3.40. The SMILES string of the molecule is CCN(CC)S(=O)(=O)c1ccc(C(C)NC2CCN(c3ccccc3)CC2)cc1. The fraction of sp³-hybridized carbons (Fsp3) is 0.478. The first kappa shape index (κ1) is 21.8. The second-order valence-corrected chi connectivity index (χ2v) is 9.58. The predicted molar refractivity (Wildman–Crippen MR) is 120 cm³/mol. The molecule has 1 unspecified atom stereocenters. The highest BCUT2D eigenvalue weighted by atomic mass is 32.2. The molecule has 2 aromatic rings. The van der Waals surface area contributed by atoms with Gasteiger partial charge >= 0.3 is 0 Å². The largest absolute Gasteiger partial charge is 0.371 e. The zero-order valence-corrected chi connectivity index (χ0v) is 18.5. The Kier molecular flexibility index (Phi) is 7.33. The zero-order valence-electron chi connectivity index (χ0n) is 17.7. The van der Waals surface area contributed by atoms with E-state index in [1.807, 2.05) is 26.0 Å². The van der Waals surface area contributed by atoms with Crippen LogP contribution in [0.15, 0.2) is 59.5 Å². The number of piperidine rings is 1. The van der Waals surface area contributed by atoms with Crippen molar-refractivity contribution in [2.45, 2.75) is 50.6 Å². The van der Waals surface area contributed by atoms with Crippen LogP contribution in [0.4, 0.5) is 5.69 Å². The van der Waals surface area contributed by atoms with Crippen LogP contribution >= 0.6 is 0 Å². The highest BCUT2D eigenvalue weighted by Crippen LogP contribution is 2.23. The lowest BCUT2D eigenvalue weighted by atomic mass is 10.0. The molecule has 0 amide bonds. The van der Waals surface area contributed by atoms with E-state index in [0.717, 1.165) is 31.5 Å². The van der Waals surface area contributed by atoms with Gasteiger partial charge in [0.15, 0.2) is 0 Å². The fourth-order valence-corrected chi connectivity index (χ4v) is 5.49. The maximum absolute atomic E-state index is 12.6. The van der Waals surface area contributed by atoms with Crippen LogP contribution in [-0.2, 0) is 10.0 Å². The van der Waals surface area contributed by atoms with Crippen LogP contribution in [0.1, 0.15) is 45.2 Å². The molecule has 5 nitrogen and oxygen atoms in total. The van der Waals surface area contributed by atoms with Crippen LogP contribution < -0.4 is 10.2 Å². The van der Waals surface area contributed by atoms with E-state index in [1.54, 1.807) is 12.1 Å². The molecule has 0 aromatic heterocycles. The van der Waals surface area contributed by atoms with Crippen LogP contribution in [0.2, 0.25) is 0 Å². The summed E-state index contributed by atoms with van der Waals surface area (Å²) in [4.78, 5) is 2.81. The molecule has 0 radical (unpaired) electrons. The Morgan fingerprint density at radius 1 is 1.00 bits per heavy atom. The lowest BCUT2D eigenvalue weighted by Gasteiger charge is -2.35. The van der Waals surface area contributed by atoms with Gasteiger partial charge in [-0.2, -0.15) is 4.31 Å². The molecule has 3 rings (SSSR count). The quantitative estimate of drug-likeness (QED) is 0.707. The number of hydrogen-bond acceptors (Lipinski definition) is 4. The van der Waals surface area contributed by atoms with Crippen LogP contribution in [0.25, 0.3) is 0 Å². The van der Waals surface area contributed by atoms with Crippen LogP contribution in [0, 0.1) is 0 Å². The van der Waals surface area contributed by atoms with Crippen LogP contribution in [-0.4, -0.2) is 44.9 Å². The molecule has 0 saturated carbocycles. The maximum Gasteiger partial charge on any atom is 0.243 e. The molecule has 1 fully saturated rings. The molecule has 6 heteroatoms. The van der Waals surface area contributed by atoms with Crippen molar-refractivity contribution in [2.24, 2.45) is 0 Å². The summed E-state index contributed by atoms with van der Waals surface area (Å²) >= 11 is 0. The van der Waals surface area contributed by atoms with Gasteiger partial charge in [-0.25, -0.2) is 8.42 Å². The van der Waals surface area contributed by atoms with E-state index in [4.69, 9.17) is 0 Å². The lowest BCUT2D eigenvalue weighted by molar-refractivity contribution is 0.381. The van der Waals surface area contributed by atoms with Crippen molar-refractivity contribution in [3.05, 3.63) is 60.2 Å². The molecule has 0 bridgehead atoms. The van der Waals surface area contributed by atoms with Crippen LogP contribution in [0.3, 0.4) is 0 Å². The van der Waals surface area contributed by atoms with Gasteiger partial charge < -0.3 is 10.2 Å². The first-order valence-electron chi connectivity index (χ1n) is 10.6. The number of hydrogen-bond donors (Lipinski definition) is 1. The maximum atomic E-state index is 12.6. The number of para-hydroxylation sites is 1. The smallest absolute Gasteiger partial charge is 0.243 e. The van der Waals surface area contributed by atoms with Gasteiger partial charge in [-0.15, -0.1) is 0 Å². The molecule has 2 aromatic carbocycles. The Balaban J connectivity index is 1.57. The van der Waals surface area contributed by atoms with Crippen LogP contribution in [0.5, 0.6) is 0 Å². The second kappa shape index (κ2) is 9.74. The van der Waals surface area contributed by atoms with Gasteiger partial charge in [0.25, 0.3) is 0 Å². The summed E-state index contributed by atoms with van der Waals surface area (Å²) < 4.78 is 26.8. The van der Waals surface area contributed by atoms with Crippen molar-refractivity contribution in [3.63, 3.8) is 0 Å². The number of sulfonamides is 1. The molecule has 1 saturated heterocycles. The number of benzene rings is 2. The van der Waals surface area contributed by atoms with E-state index in [0.29, 0.717) is 24.0 Å². The molecule has 1 aliphatic rings. The highest BCUT2D eigenvalue weighted by molar-refractivity contribution is 7.89. The predicted octanol–water partition coefficient (Wildman–Crippen LogP) is 4.04. The molecular formula is C23H33N3O2S. The third kappa shape index (κ3) is 5.18. The first-order chi connectivity index (χ1) is 14.0. The summed E-state index contributed by atoms with van der Waals surface area (Å²) in [5.41, 5.74) is 2.41. The van der Waals surface area contributed by atoms with Gasteiger partial charge in [-0.05, 0) is 49.6 Å². The van der Waals surface area contributed by atoms with Crippen molar-refractivity contribution in [1.82, 2.24) is 9.62 Å². The van der Waals surface area contributed by atoms with E-state index in [1.165, 1.54) is 9.99 Å². The third-order valence-electron chi connectivity index (χ3n) is 5.83. The minimum absolute atomic E-state index is 0.188. The minimum Gasteiger partial charge on any atom is -0.371 e. The molecule has 29 heavy (non-hydrogen) atoms. The average Bonchev–Trinajstić information content (AvgIpc) is 2.75. The Hall–Kier alpha value is -1.89. The normalized spacial score (nSPS) is 16.9. The van der Waals surface area contributed by atoms with Gasteiger partial charge in [-0.1, -0.05) is 44.2 Å². The standard InChI is InChI=1S/C23H33N3O2S/c1-4-26(5-2)29(27,28)23-13-11-20(12-14-23)19(3)24-21-15-17-25(18-16-21)22-9-7-6-8-10-22/h6-14,19,21,24H,4-5,15-18H2,1-3H3. The molecule has 1 atom stereocenters. The Bertz CT molecular complexity index is 857. The van der Waals surface area contributed by atoms with E-state index < -0.39 is 10.0 Å². The molecule has 158 valence electrons. The summed E-state index contributed by atoms with van der Waals surface area (Å²) in [5.74, 6) is 0. The van der Waals surface area contributed by atoms with Crippen molar-refractivity contribution in [3.8, 4) is 0 Å². The van der Waals surface area contributed by atoms with Crippen molar-refractivity contribution >= 4 is 15.7 Å². The average molecular weight is 416 g/mol. The second-order valence-electron chi connectivity index (χ2n) is 7.64. The summed E-state index contributed by atoms with van der Waals surface area (Å²) in [6.45, 7) is 8.96. The fourth-order valence-electron chi connectivity index (χ4n) is 4.03. The number of nitrogens with one attached hydrogen (secondary N) is 1. The molecule has 1 heterocycles. The van der Waals surface area contributed by atoms with Crippen molar-refractivity contribution in [1.29, 1.82) is 0 Å². The molecule has 0 aliphatic carbocycles. The van der Waals surface area contributed by atoms with E-state index in [-0.39, 0.29) is 6.04 Å². The van der Waals surface area contributed by atoms with E-state index in [9.17, 15) is 8.42 Å². The molecule has 0 spiro atoms. The Labute approximate surface area is 175 Å². The lowest BCUT2D eigenvalue weighted by Crippen LogP contribution is -2.43. The van der Waals surface area contributed by atoms with E-state index >= 15 is 0 Å². The number of anilines is 1. The van der Waals surface area contributed by atoms with Gasteiger partial charge in [0.2, 0.25) is 10.0 Å². The summed E-state index contributed by atoms with van der Waals surface area (Å²) in [6, 6.07) is 18.6. The first-order valence-corrected chi connectivity index (χ1v) is 12.1. The molecule has 1 N–H and O–H groups in total. The summed E-state index contributed by atoms with van der Waals surface area (Å²) in [6.07, 6.45) is 2.21. The summed E-state index contributed by atoms with van der Waals surface area (Å²) in [7, 11) is -3.40. The Morgan fingerprint density at radius 2 is 1.59 bits per heavy atom. The van der Waals surface area contributed by atoms with Crippen molar-refractivity contribution in [2.75, 3.05) is 31.1 Å². The third-order valence-corrected chi connectivity index (χ3v) is 7.89. The summed E-state index contributed by atoms with van der Waals surface area (Å²) in [5, 5.41) is 3.72. The number of nitrogens with zero attached hydrogens (tertiary/aromatic N) is 2. The molecule has 1 aliphatic heterocycles. The highest BCUT2D eigenvalue weighted by Gasteiger charge is 2.23. The van der Waals surface area contributed by atoms with Gasteiger partial charge in [0, 0.05) is 44.0 Å². The van der Waals surface area contributed by atoms with E-state index in [2.05, 4.69) is 47.5 Å². The zero-order chi connectivity index (χ0) is 20.9. The monoisotopic (exact) mass is 415 g/mol.